The second kappa shape index (κ2) is 8.20. The fourth-order valence-electron chi connectivity index (χ4n) is 3.52. The molecule has 1 unspecified atom stereocenters. The highest BCUT2D eigenvalue weighted by molar-refractivity contribution is 5.42. The fraction of sp³-hybridized carbons (Fsp3) is 0.429. The monoisotopic (exact) mass is 325 g/mol. The largest absolute Gasteiger partial charge is 0.493 e. The molecule has 0 saturated heterocycles. The molecule has 3 heteroatoms. The first-order valence-electron chi connectivity index (χ1n) is 8.78. The molecule has 2 aromatic carbocycles. The molecule has 3 nitrogen and oxygen atoms in total. The van der Waals surface area contributed by atoms with Gasteiger partial charge in [0.2, 0.25) is 0 Å². The summed E-state index contributed by atoms with van der Waals surface area (Å²) in [6.45, 7) is 2.09. The van der Waals surface area contributed by atoms with Gasteiger partial charge >= 0.3 is 0 Å². The molecular weight excluding hydrogens is 298 g/mol. The van der Waals surface area contributed by atoms with Crippen LogP contribution in [-0.4, -0.2) is 27.3 Å². The van der Waals surface area contributed by atoms with Gasteiger partial charge in [0.15, 0.2) is 11.5 Å². The number of fused-ring (bicyclic) bond motifs is 1. The van der Waals surface area contributed by atoms with E-state index in [0.29, 0.717) is 0 Å². The molecular formula is C21H27NO2. The molecule has 3 rings (SSSR count). The summed E-state index contributed by atoms with van der Waals surface area (Å²) in [5.74, 6) is 2.35. The molecule has 0 bridgehead atoms. The third kappa shape index (κ3) is 4.09. The van der Waals surface area contributed by atoms with Crippen molar-refractivity contribution >= 4 is 0 Å². The second-order valence-corrected chi connectivity index (χ2v) is 6.52. The summed E-state index contributed by atoms with van der Waals surface area (Å²) in [5, 5.41) is 3.63. The van der Waals surface area contributed by atoms with Crippen molar-refractivity contribution in [3.8, 4) is 11.5 Å². The summed E-state index contributed by atoms with van der Waals surface area (Å²) in [4.78, 5) is 0. The summed E-state index contributed by atoms with van der Waals surface area (Å²) in [5.41, 5.74) is 4.35. The molecule has 0 fully saturated rings. The molecule has 0 aliphatic heterocycles. The molecule has 0 spiro atoms. The van der Waals surface area contributed by atoms with Gasteiger partial charge in [-0.15, -0.1) is 0 Å². The Morgan fingerprint density at radius 2 is 1.79 bits per heavy atom. The minimum Gasteiger partial charge on any atom is -0.493 e. The van der Waals surface area contributed by atoms with Crippen LogP contribution in [0.1, 0.15) is 23.1 Å². The third-order valence-corrected chi connectivity index (χ3v) is 4.92. The Labute approximate surface area is 145 Å². The zero-order valence-corrected chi connectivity index (χ0v) is 14.7. The summed E-state index contributed by atoms with van der Waals surface area (Å²) in [6, 6.07) is 15.0. The summed E-state index contributed by atoms with van der Waals surface area (Å²) < 4.78 is 10.7. The lowest BCUT2D eigenvalue weighted by Crippen LogP contribution is -2.28. The predicted octanol–water partition coefficient (Wildman–Crippen LogP) is 3.64. The van der Waals surface area contributed by atoms with E-state index in [2.05, 4.69) is 41.7 Å². The van der Waals surface area contributed by atoms with Crippen molar-refractivity contribution in [1.82, 2.24) is 5.32 Å². The van der Waals surface area contributed by atoms with Crippen molar-refractivity contribution in [3.05, 3.63) is 59.2 Å². The van der Waals surface area contributed by atoms with Gasteiger partial charge in [-0.2, -0.15) is 0 Å². The first-order valence-corrected chi connectivity index (χ1v) is 8.78. The SMILES string of the molecule is COc1ccc(CCNCC2CCc3ccccc3C2)cc1OC. The smallest absolute Gasteiger partial charge is 0.160 e. The number of hydrogen-bond acceptors (Lipinski definition) is 3. The number of benzene rings is 2. The lowest BCUT2D eigenvalue weighted by Gasteiger charge is -2.24. The van der Waals surface area contributed by atoms with Crippen molar-refractivity contribution in [2.75, 3.05) is 27.3 Å². The zero-order chi connectivity index (χ0) is 16.8. The van der Waals surface area contributed by atoms with Crippen LogP contribution in [0.4, 0.5) is 0 Å². The highest BCUT2D eigenvalue weighted by Crippen LogP contribution is 2.28. The minimum atomic E-state index is 0.755. The van der Waals surface area contributed by atoms with Crippen molar-refractivity contribution in [1.29, 1.82) is 0 Å². The molecule has 1 aliphatic carbocycles. The van der Waals surface area contributed by atoms with Gasteiger partial charge in [0.05, 0.1) is 14.2 Å². The summed E-state index contributed by atoms with van der Waals surface area (Å²) in [7, 11) is 3.35. The van der Waals surface area contributed by atoms with Crippen LogP contribution in [-0.2, 0) is 19.3 Å². The van der Waals surface area contributed by atoms with Gasteiger partial charge in [0.1, 0.15) is 0 Å². The topological polar surface area (TPSA) is 30.5 Å². The number of methoxy groups -OCH3 is 2. The molecule has 1 aliphatic rings. The average Bonchev–Trinajstić information content (AvgIpc) is 2.65. The van der Waals surface area contributed by atoms with Crippen LogP contribution in [0.5, 0.6) is 11.5 Å². The first-order chi connectivity index (χ1) is 11.8. The maximum absolute atomic E-state index is 5.37. The summed E-state index contributed by atoms with van der Waals surface area (Å²) in [6.07, 6.45) is 4.72. The highest BCUT2D eigenvalue weighted by Gasteiger charge is 2.17. The first kappa shape index (κ1) is 16.8. The Bertz CT molecular complexity index is 669. The van der Waals surface area contributed by atoms with Gasteiger partial charge in [-0.25, -0.2) is 0 Å². The molecule has 128 valence electrons. The van der Waals surface area contributed by atoms with E-state index in [-0.39, 0.29) is 0 Å². The van der Waals surface area contributed by atoms with Gasteiger partial charge in [-0.05, 0) is 73.5 Å². The molecule has 0 heterocycles. The van der Waals surface area contributed by atoms with E-state index in [1.54, 1.807) is 19.8 Å². The maximum atomic E-state index is 5.37. The maximum Gasteiger partial charge on any atom is 0.160 e. The molecule has 0 saturated carbocycles. The van der Waals surface area contributed by atoms with E-state index in [4.69, 9.17) is 9.47 Å². The number of nitrogens with one attached hydrogen (secondary N) is 1. The molecule has 24 heavy (non-hydrogen) atoms. The molecule has 0 amide bonds. The second-order valence-electron chi connectivity index (χ2n) is 6.52. The Hall–Kier alpha value is -2.00. The van der Waals surface area contributed by atoms with E-state index >= 15 is 0 Å². The van der Waals surface area contributed by atoms with E-state index in [1.807, 2.05) is 6.07 Å². The van der Waals surface area contributed by atoms with Crippen molar-refractivity contribution in [2.24, 2.45) is 5.92 Å². The molecule has 0 radical (unpaired) electrons. The lowest BCUT2D eigenvalue weighted by atomic mass is 9.84. The molecule has 1 N–H and O–H groups in total. The van der Waals surface area contributed by atoms with Crippen LogP contribution in [0.15, 0.2) is 42.5 Å². The van der Waals surface area contributed by atoms with Gasteiger partial charge < -0.3 is 14.8 Å². The van der Waals surface area contributed by atoms with Crippen LogP contribution < -0.4 is 14.8 Å². The van der Waals surface area contributed by atoms with Crippen LogP contribution in [0.25, 0.3) is 0 Å². The van der Waals surface area contributed by atoms with Crippen LogP contribution in [0.2, 0.25) is 0 Å². The summed E-state index contributed by atoms with van der Waals surface area (Å²) >= 11 is 0. The number of aryl methyl sites for hydroxylation is 1. The van der Waals surface area contributed by atoms with Crippen molar-refractivity contribution in [2.45, 2.75) is 25.7 Å². The molecule has 2 aromatic rings. The third-order valence-electron chi connectivity index (χ3n) is 4.92. The standard InChI is InChI=1S/C21H27NO2/c1-23-20-10-8-16(14-21(20)24-2)11-12-22-15-17-7-9-18-5-3-4-6-19(18)13-17/h3-6,8,10,14,17,22H,7,9,11-13,15H2,1-2H3. The van der Waals surface area contributed by atoms with Crippen molar-refractivity contribution in [3.63, 3.8) is 0 Å². The quantitative estimate of drug-likeness (QED) is 0.788. The lowest BCUT2D eigenvalue weighted by molar-refractivity contribution is 0.354. The van der Waals surface area contributed by atoms with Crippen LogP contribution in [0.3, 0.4) is 0 Å². The van der Waals surface area contributed by atoms with Crippen LogP contribution in [0, 0.1) is 5.92 Å². The Kier molecular flexibility index (Phi) is 5.76. The minimum absolute atomic E-state index is 0.755. The predicted molar refractivity (Wildman–Crippen MR) is 98.1 cm³/mol. The van der Waals surface area contributed by atoms with Gasteiger partial charge in [0.25, 0.3) is 0 Å². The van der Waals surface area contributed by atoms with E-state index in [1.165, 1.54) is 30.4 Å². The van der Waals surface area contributed by atoms with Crippen LogP contribution >= 0.6 is 0 Å². The van der Waals surface area contributed by atoms with Gasteiger partial charge in [-0.3, -0.25) is 0 Å². The number of hydrogen-bond donors (Lipinski definition) is 1. The van der Waals surface area contributed by atoms with Crippen molar-refractivity contribution < 1.29 is 9.47 Å². The Morgan fingerprint density at radius 1 is 1.00 bits per heavy atom. The normalized spacial score (nSPS) is 16.5. The highest BCUT2D eigenvalue weighted by atomic mass is 16.5. The van der Waals surface area contributed by atoms with Gasteiger partial charge in [0, 0.05) is 0 Å². The number of rotatable bonds is 7. The Balaban J connectivity index is 1.45. The van der Waals surface area contributed by atoms with Gasteiger partial charge in [-0.1, -0.05) is 30.3 Å². The van der Waals surface area contributed by atoms with E-state index in [9.17, 15) is 0 Å². The number of ether oxygens (including phenoxy) is 2. The Morgan fingerprint density at radius 3 is 2.58 bits per heavy atom. The average molecular weight is 325 g/mol. The fourth-order valence-corrected chi connectivity index (χ4v) is 3.52. The molecule has 0 aromatic heterocycles. The molecule has 1 atom stereocenters. The van der Waals surface area contributed by atoms with E-state index < -0.39 is 0 Å². The zero-order valence-electron chi connectivity index (χ0n) is 14.7. The van der Waals surface area contributed by atoms with E-state index in [0.717, 1.165) is 36.9 Å².